The Balaban J connectivity index is 1.51. The molecule has 2 aromatic carbocycles. The van der Waals surface area contributed by atoms with Crippen LogP contribution in [0.2, 0.25) is 6.82 Å². The molecule has 0 spiro atoms. The maximum atomic E-state index is 14.2. The van der Waals surface area contributed by atoms with Crippen LogP contribution in [0.4, 0.5) is 22.0 Å². The fraction of sp³-hybridized carbons (Fsp3) is 0.360. The standard InChI is InChI=1S/C25H24BF5N2O3/c1-13(32-16(7-9-34)11-17-20(27)22(29)24(31)23(30)21(17)28)19-4-3-8-33(19)25(35)14-5-6-15-12-36-26(2)18(15)10-14/h5-6,9-10,16,19,32H,1,3-4,7-8,11-12H2,2H3. The van der Waals surface area contributed by atoms with E-state index < -0.39 is 53.2 Å². The zero-order valence-corrected chi connectivity index (χ0v) is 19.6. The highest BCUT2D eigenvalue weighted by atomic mass is 19.2. The average molecular weight is 506 g/mol. The monoisotopic (exact) mass is 506 g/mol. The van der Waals surface area contributed by atoms with Crippen LogP contribution < -0.4 is 10.8 Å². The van der Waals surface area contributed by atoms with Crippen molar-refractivity contribution in [3.63, 3.8) is 0 Å². The fourth-order valence-electron chi connectivity index (χ4n) is 4.82. The quantitative estimate of drug-likeness (QED) is 0.195. The summed E-state index contributed by atoms with van der Waals surface area (Å²) in [6.45, 7) is 6.67. The van der Waals surface area contributed by atoms with Gasteiger partial charge < -0.3 is 19.7 Å². The maximum absolute atomic E-state index is 14.2. The summed E-state index contributed by atoms with van der Waals surface area (Å²) in [5.74, 6) is -10.5. The first-order valence-corrected chi connectivity index (χ1v) is 11.6. The lowest BCUT2D eigenvalue weighted by Gasteiger charge is -2.30. The summed E-state index contributed by atoms with van der Waals surface area (Å²) in [7, 11) is 0. The molecule has 2 aliphatic rings. The van der Waals surface area contributed by atoms with Gasteiger partial charge in [-0.05, 0) is 36.4 Å². The van der Waals surface area contributed by atoms with Crippen LogP contribution in [0.3, 0.4) is 0 Å². The summed E-state index contributed by atoms with van der Waals surface area (Å²) in [4.78, 5) is 26.1. The third-order valence-electron chi connectivity index (χ3n) is 6.76. The molecule has 2 aliphatic heterocycles. The molecule has 1 fully saturated rings. The molecular formula is C25H24BF5N2O3. The van der Waals surface area contributed by atoms with E-state index in [-0.39, 0.29) is 19.2 Å². The molecule has 0 aromatic heterocycles. The third-order valence-corrected chi connectivity index (χ3v) is 6.76. The predicted octanol–water partition coefficient (Wildman–Crippen LogP) is 3.65. The summed E-state index contributed by atoms with van der Waals surface area (Å²) in [6, 6.07) is 3.91. The molecule has 0 bridgehead atoms. The number of hydrogen-bond acceptors (Lipinski definition) is 4. The van der Waals surface area contributed by atoms with Gasteiger partial charge in [0.15, 0.2) is 23.3 Å². The number of hydrogen-bond donors (Lipinski definition) is 1. The highest BCUT2D eigenvalue weighted by Gasteiger charge is 2.34. The number of rotatable bonds is 8. The first-order valence-electron chi connectivity index (χ1n) is 11.6. The molecular weight excluding hydrogens is 482 g/mol. The van der Waals surface area contributed by atoms with Crippen LogP contribution in [-0.4, -0.2) is 42.6 Å². The summed E-state index contributed by atoms with van der Waals surface area (Å²) in [5, 5.41) is 2.89. The number of amides is 1. The summed E-state index contributed by atoms with van der Waals surface area (Å²) in [5.41, 5.74) is 1.74. The Morgan fingerprint density at radius 3 is 2.53 bits per heavy atom. The van der Waals surface area contributed by atoms with Crippen molar-refractivity contribution in [1.29, 1.82) is 0 Å². The average Bonchev–Trinajstić information content (AvgIpc) is 3.51. The Labute approximate surface area is 205 Å². The third kappa shape index (κ3) is 4.76. The molecule has 1 saturated heterocycles. The second-order valence-corrected chi connectivity index (χ2v) is 9.04. The number of nitrogens with one attached hydrogen (secondary N) is 1. The van der Waals surface area contributed by atoms with Crippen LogP contribution in [0, 0.1) is 29.1 Å². The molecule has 0 saturated carbocycles. The molecule has 2 atom stereocenters. The lowest BCUT2D eigenvalue weighted by atomic mass is 9.64. The summed E-state index contributed by atoms with van der Waals surface area (Å²) < 4.78 is 74.7. The van der Waals surface area contributed by atoms with E-state index >= 15 is 0 Å². The minimum absolute atomic E-state index is 0.121. The van der Waals surface area contributed by atoms with Crippen LogP contribution in [0.5, 0.6) is 0 Å². The molecule has 2 heterocycles. The maximum Gasteiger partial charge on any atom is 0.324 e. The second-order valence-electron chi connectivity index (χ2n) is 9.04. The topological polar surface area (TPSA) is 58.6 Å². The molecule has 0 aliphatic carbocycles. The van der Waals surface area contributed by atoms with Gasteiger partial charge in [0, 0.05) is 35.8 Å². The molecule has 4 rings (SSSR count). The number of likely N-dealkylation sites (tertiary alicyclic amines) is 1. The van der Waals surface area contributed by atoms with Gasteiger partial charge in [-0.2, -0.15) is 0 Å². The minimum atomic E-state index is -2.24. The van der Waals surface area contributed by atoms with E-state index in [0.717, 1.165) is 11.0 Å². The first-order chi connectivity index (χ1) is 17.1. The molecule has 1 amide bonds. The molecule has 2 unspecified atom stereocenters. The molecule has 1 N–H and O–H groups in total. The van der Waals surface area contributed by atoms with Gasteiger partial charge in [-0.3, -0.25) is 4.79 Å². The smallest absolute Gasteiger partial charge is 0.324 e. The number of benzene rings is 2. The van der Waals surface area contributed by atoms with Crippen molar-refractivity contribution < 1.29 is 36.2 Å². The Morgan fingerprint density at radius 2 is 1.86 bits per heavy atom. The highest BCUT2D eigenvalue weighted by Crippen LogP contribution is 2.27. The van der Waals surface area contributed by atoms with Gasteiger partial charge in [-0.1, -0.05) is 25.5 Å². The summed E-state index contributed by atoms with van der Waals surface area (Å²) in [6.07, 6.45) is 0.785. The van der Waals surface area contributed by atoms with Crippen LogP contribution in [0.25, 0.3) is 0 Å². The molecule has 2 aromatic rings. The van der Waals surface area contributed by atoms with Crippen molar-refractivity contribution in [1.82, 2.24) is 10.2 Å². The van der Waals surface area contributed by atoms with Crippen molar-refractivity contribution in [2.45, 2.75) is 51.2 Å². The Morgan fingerprint density at radius 1 is 1.19 bits per heavy atom. The van der Waals surface area contributed by atoms with Crippen LogP contribution in [0.15, 0.2) is 30.5 Å². The highest BCUT2D eigenvalue weighted by molar-refractivity contribution is 6.67. The fourth-order valence-corrected chi connectivity index (χ4v) is 4.82. The largest absolute Gasteiger partial charge is 0.427 e. The van der Waals surface area contributed by atoms with Gasteiger partial charge in [0.1, 0.15) is 6.29 Å². The minimum Gasteiger partial charge on any atom is -0.427 e. The van der Waals surface area contributed by atoms with Gasteiger partial charge >= 0.3 is 6.92 Å². The zero-order chi connectivity index (χ0) is 26.1. The number of fused-ring (bicyclic) bond motifs is 1. The van der Waals surface area contributed by atoms with Gasteiger partial charge in [0.25, 0.3) is 5.91 Å². The van der Waals surface area contributed by atoms with Crippen LogP contribution in [-0.2, 0) is 22.5 Å². The predicted molar refractivity (Wildman–Crippen MR) is 123 cm³/mol. The molecule has 11 heteroatoms. The van der Waals surface area contributed by atoms with Crippen molar-refractivity contribution in [3.05, 3.63) is 76.3 Å². The van der Waals surface area contributed by atoms with Crippen LogP contribution in [0.1, 0.15) is 40.7 Å². The van der Waals surface area contributed by atoms with E-state index in [9.17, 15) is 31.5 Å². The van der Waals surface area contributed by atoms with E-state index in [0.29, 0.717) is 43.5 Å². The van der Waals surface area contributed by atoms with Crippen molar-refractivity contribution in [2.75, 3.05) is 6.54 Å². The molecule has 190 valence electrons. The van der Waals surface area contributed by atoms with Gasteiger partial charge in [-0.15, -0.1) is 0 Å². The van der Waals surface area contributed by atoms with Gasteiger partial charge in [0.05, 0.1) is 12.6 Å². The van der Waals surface area contributed by atoms with Gasteiger partial charge in [-0.25, -0.2) is 22.0 Å². The number of carbonyl (C=O) groups excluding carboxylic acids is 2. The second kappa shape index (κ2) is 10.4. The van der Waals surface area contributed by atoms with E-state index in [1.807, 2.05) is 12.9 Å². The number of nitrogens with zero attached hydrogens (tertiary/aromatic N) is 1. The lowest BCUT2D eigenvalue weighted by molar-refractivity contribution is -0.108. The SMILES string of the molecule is C=C(NC(CC=O)Cc1c(F)c(F)c(F)c(F)c1F)C1CCCN1C(=O)c1ccc2c(c1)B(C)OC2. The molecule has 0 radical (unpaired) electrons. The van der Waals surface area contributed by atoms with Gasteiger partial charge in [0.2, 0.25) is 5.82 Å². The Kier molecular flexibility index (Phi) is 7.49. The Bertz CT molecular complexity index is 1200. The number of halogens is 5. The van der Waals surface area contributed by atoms with E-state index in [2.05, 4.69) is 11.9 Å². The lowest BCUT2D eigenvalue weighted by Crippen LogP contribution is -2.43. The molecule has 5 nitrogen and oxygen atoms in total. The normalized spacial score (nSPS) is 17.8. The zero-order valence-electron chi connectivity index (χ0n) is 19.6. The van der Waals surface area contributed by atoms with Crippen molar-refractivity contribution in [2.24, 2.45) is 0 Å². The van der Waals surface area contributed by atoms with E-state index in [1.54, 1.807) is 17.0 Å². The first kappa shape index (κ1) is 25.9. The Hall–Kier alpha value is -3.21. The van der Waals surface area contributed by atoms with Crippen molar-refractivity contribution >= 4 is 24.6 Å². The van der Waals surface area contributed by atoms with E-state index in [4.69, 9.17) is 4.65 Å². The number of aldehydes is 1. The van der Waals surface area contributed by atoms with E-state index in [1.165, 1.54) is 0 Å². The van der Waals surface area contributed by atoms with Crippen molar-refractivity contribution in [3.8, 4) is 0 Å². The number of carbonyl (C=O) groups is 2. The summed E-state index contributed by atoms with van der Waals surface area (Å²) >= 11 is 0. The molecule has 36 heavy (non-hydrogen) atoms. The van der Waals surface area contributed by atoms with Crippen LogP contribution >= 0.6 is 0 Å².